The van der Waals surface area contributed by atoms with Crippen molar-refractivity contribution in [2.24, 2.45) is 18.5 Å². The Morgan fingerprint density at radius 2 is 2.06 bits per heavy atom. The molecule has 0 radical (unpaired) electrons. The lowest BCUT2D eigenvalue weighted by Gasteiger charge is -2.10. The summed E-state index contributed by atoms with van der Waals surface area (Å²) in [5, 5.41) is 1.25. The van der Waals surface area contributed by atoms with Crippen LogP contribution in [0.2, 0.25) is 0 Å². The van der Waals surface area contributed by atoms with Crippen molar-refractivity contribution in [1.82, 2.24) is 4.57 Å². The molecule has 0 saturated carbocycles. The highest BCUT2D eigenvalue weighted by molar-refractivity contribution is 5.86. The summed E-state index contributed by atoms with van der Waals surface area (Å²) < 4.78 is 2.19. The number of nitrogens with zero attached hydrogens (tertiary/aromatic N) is 1. The zero-order chi connectivity index (χ0) is 12.6. The van der Waals surface area contributed by atoms with Crippen molar-refractivity contribution in [2.45, 2.75) is 26.3 Å². The fourth-order valence-electron chi connectivity index (χ4n) is 2.45. The molecule has 0 aliphatic rings. The number of nitrogens with two attached hydrogens (primary N) is 2. The van der Waals surface area contributed by atoms with Crippen LogP contribution in [0.3, 0.4) is 0 Å². The van der Waals surface area contributed by atoms with Crippen molar-refractivity contribution < 1.29 is 0 Å². The monoisotopic (exact) mass is 231 g/mol. The molecule has 92 valence electrons. The van der Waals surface area contributed by atoms with Gasteiger partial charge in [-0.1, -0.05) is 13.0 Å². The van der Waals surface area contributed by atoms with E-state index in [1.165, 1.54) is 27.7 Å². The van der Waals surface area contributed by atoms with Gasteiger partial charge in [-0.2, -0.15) is 0 Å². The lowest BCUT2D eigenvalue weighted by Crippen LogP contribution is -2.21. The molecule has 2 rings (SSSR count). The molecule has 0 fully saturated rings. The van der Waals surface area contributed by atoms with E-state index in [4.69, 9.17) is 11.5 Å². The number of hydrogen-bond acceptors (Lipinski definition) is 2. The maximum atomic E-state index is 6.13. The summed E-state index contributed by atoms with van der Waals surface area (Å²) in [7, 11) is 2.08. The van der Waals surface area contributed by atoms with Gasteiger partial charge in [0.2, 0.25) is 0 Å². The second-order valence-electron chi connectivity index (χ2n) is 4.61. The summed E-state index contributed by atoms with van der Waals surface area (Å²) in [6, 6.07) is 6.52. The van der Waals surface area contributed by atoms with Gasteiger partial charge in [0.1, 0.15) is 0 Å². The van der Waals surface area contributed by atoms with Gasteiger partial charge in [0, 0.05) is 36.2 Å². The summed E-state index contributed by atoms with van der Waals surface area (Å²) in [5.74, 6) is 0. The van der Waals surface area contributed by atoms with Crippen molar-refractivity contribution >= 4 is 10.9 Å². The van der Waals surface area contributed by atoms with Crippen LogP contribution < -0.4 is 11.5 Å². The third kappa shape index (κ3) is 1.85. The molecule has 2 aromatic rings. The molecule has 4 N–H and O–H groups in total. The molecule has 1 aromatic carbocycles. The molecular weight excluding hydrogens is 210 g/mol. The molecule has 0 aliphatic heterocycles. The maximum Gasteiger partial charge on any atom is 0.0483 e. The first-order valence-electron chi connectivity index (χ1n) is 6.13. The highest BCUT2D eigenvalue weighted by Gasteiger charge is 2.16. The SMILES string of the molecule is CCc1ccc2c(c1)c([C@H](N)CN)c(C)n2C. The van der Waals surface area contributed by atoms with E-state index in [1.54, 1.807) is 0 Å². The molecule has 0 saturated heterocycles. The van der Waals surface area contributed by atoms with Gasteiger partial charge in [0.25, 0.3) is 0 Å². The van der Waals surface area contributed by atoms with Crippen molar-refractivity contribution in [3.8, 4) is 0 Å². The summed E-state index contributed by atoms with van der Waals surface area (Å²) in [4.78, 5) is 0. The van der Waals surface area contributed by atoms with Crippen LogP contribution in [0.25, 0.3) is 10.9 Å². The smallest absolute Gasteiger partial charge is 0.0483 e. The van der Waals surface area contributed by atoms with Crippen molar-refractivity contribution in [1.29, 1.82) is 0 Å². The summed E-state index contributed by atoms with van der Waals surface area (Å²) >= 11 is 0. The fraction of sp³-hybridized carbons (Fsp3) is 0.429. The first kappa shape index (κ1) is 12.1. The minimum Gasteiger partial charge on any atom is -0.348 e. The fourth-order valence-corrected chi connectivity index (χ4v) is 2.45. The normalized spacial score (nSPS) is 13.2. The molecule has 1 heterocycles. The minimum absolute atomic E-state index is 0.0780. The third-order valence-corrected chi connectivity index (χ3v) is 3.64. The molecular formula is C14H21N3. The number of aryl methyl sites for hydroxylation is 2. The lowest BCUT2D eigenvalue weighted by molar-refractivity contribution is 0.728. The second kappa shape index (κ2) is 4.51. The van der Waals surface area contributed by atoms with Crippen LogP contribution in [0.4, 0.5) is 0 Å². The number of fused-ring (bicyclic) bond motifs is 1. The molecule has 1 atom stereocenters. The Hall–Kier alpha value is -1.32. The quantitative estimate of drug-likeness (QED) is 0.849. The summed E-state index contributed by atoms with van der Waals surface area (Å²) in [6.07, 6.45) is 1.04. The van der Waals surface area contributed by atoms with Gasteiger partial charge >= 0.3 is 0 Å². The Morgan fingerprint density at radius 3 is 2.65 bits per heavy atom. The predicted octanol–water partition coefficient (Wildman–Crippen LogP) is 2.01. The van der Waals surface area contributed by atoms with E-state index >= 15 is 0 Å². The van der Waals surface area contributed by atoms with Crippen molar-refractivity contribution in [3.63, 3.8) is 0 Å². The predicted molar refractivity (Wildman–Crippen MR) is 73.0 cm³/mol. The van der Waals surface area contributed by atoms with Gasteiger partial charge in [0.15, 0.2) is 0 Å². The van der Waals surface area contributed by atoms with Crippen LogP contribution in [0.15, 0.2) is 18.2 Å². The number of benzene rings is 1. The largest absolute Gasteiger partial charge is 0.348 e. The van der Waals surface area contributed by atoms with Gasteiger partial charge < -0.3 is 16.0 Å². The molecule has 0 unspecified atom stereocenters. The van der Waals surface area contributed by atoms with Gasteiger partial charge in [-0.15, -0.1) is 0 Å². The first-order valence-corrected chi connectivity index (χ1v) is 6.13. The topological polar surface area (TPSA) is 57.0 Å². The van der Waals surface area contributed by atoms with E-state index < -0.39 is 0 Å². The standard InChI is InChI=1S/C14H21N3/c1-4-10-5-6-13-11(7-10)14(12(16)8-15)9(2)17(13)3/h5-7,12H,4,8,15-16H2,1-3H3/t12-/m1/s1. The Bertz CT molecular complexity index is 540. The first-order chi connectivity index (χ1) is 8.10. The summed E-state index contributed by atoms with van der Waals surface area (Å²) in [6.45, 7) is 4.76. The average Bonchev–Trinajstić information content (AvgIpc) is 2.60. The van der Waals surface area contributed by atoms with Crippen LogP contribution in [0.1, 0.15) is 29.8 Å². The highest BCUT2D eigenvalue weighted by atomic mass is 15.0. The molecule has 3 nitrogen and oxygen atoms in total. The van der Waals surface area contributed by atoms with E-state index in [-0.39, 0.29) is 6.04 Å². The van der Waals surface area contributed by atoms with Crippen molar-refractivity contribution in [2.75, 3.05) is 6.54 Å². The van der Waals surface area contributed by atoms with Crippen LogP contribution in [-0.4, -0.2) is 11.1 Å². The number of aromatic nitrogens is 1. The molecule has 3 heteroatoms. The van der Waals surface area contributed by atoms with Gasteiger partial charge in [0.05, 0.1) is 0 Å². The van der Waals surface area contributed by atoms with Gasteiger partial charge in [-0.25, -0.2) is 0 Å². The lowest BCUT2D eigenvalue weighted by atomic mass is 10.0. The minimum atomic E-state index is -0.0780. The van der Waals surface area contributed by atoms with E-state index in [0.717, 1.165) is 6.42 Å². The Kier molecular flexibility index (Phi) is 3.22. The number of rotatable bonds is 3. The molecule has 0 bridgehead atoms. The van der Waals surface area contributed by atoms with E-state index in [0.29, 0.717) is 6.54 Å². The zero-order valence-corrected chi connectivity index (χ0v) is 10.8. The molecule has 17 heavy (non-hydrogen) atoms. The molecule has 0 aliphatic carbocycles. The molecule has 1 aromatic heterocycles. The third-order valence-electron chi connectivity index (χ3n) is 3.64. The maximum absolute atomic E-state index is 6.13. The van der Waals surface area contributed by atoms with Gasteiger partial charge in [-0.3, -0.25) is 0 Å². The van der Waals surface area contributed by atoms with Crippen LogP contribution >= 0.6 is 0 Å². The van der Waals surface area contributed by atoms with Crippen LogP contribution in [-0.2, 0) is 13.5 Å². The van der Waals surface area contributed by atoms with Crippen LogP contribution in [0.5, 0.6) is 0 Å². The Morgan fingerprint density at radius 1 is 1.35 bits per heavy atom. The molecule has 0 amide bonds. The van der Waals surface area contributed by atoms with Gasteiger partial charge in [-0.05, 0) is 36.6 Å². The Balaban J connectivity index is 2.75. The number of hydrogen-bond donors (Lipinski definition) is 2. The average molecular weight is 231 g/mol. The Labute approximate surface area is 102 Å². The highest BCUT2D eigenvalue weighted by Crippen LogP contribution is 2.29. The second-order valence-corrected chi connectivity index (χ2v) is 4.61. The van der Waals surface area contributed by atoms with E-state index in [2.05, 4.69) is 43.7 Å². The van der Waals surface area contributed by atoms with E-state index in [9.17, 15) is 0 Å². The zero-order valence-electron chi connectivity index (χ0n) is 10.8. The van der Waals surface area contributed by atoms with Crippen molar-refractivity contribution in [3.05, 3.63) is 35.0 Å². The molecule has 0 spiro atoms. The van der Waals surface area contributed by atoms with E-state index in [1.807, 2.05) is 0 Å². The van der Waals surface area contributed by atoms with Crippen LogP contribution in [0, 0.1) is 6.92 Å². The summed E-state index contributed by atoms with van der Waals surface area (Å²) in [5.41, 5.74) is 16.8.